The molecular formula is C12H21N3O3. The van der Waals surface area contributed by atoms with Gasteiger partial charge >= 0.3 is 0 Å². The van der Waals surface area contributed by atoms with Gasteiger partial charge < -0.3 is 21.5 Å². The normalized spacial score (nSPS) is 32.6. The number of nitrogens with two attached hydrogens (primary N) is 1. The maximum atomic E-state index is 11.9. The Morgan fingerprint density at radius 2 is 2.11 bits per heavy atom. The van der Waals surface area contributed by atoms with Crippen LogP contribution in [0.15, 0.2) is 0 Å². The van der Waals surface area contributed by atoms with Gasteiger partial charge in [-0.2, -0.15) is 0 Å². The van der Waals surface area contributed by atoms with Gasteiger partial charge in [-0.15, -0.1) is 0 Å². The topological polar surface area (TPSA) is 104 Å². The van der Waals surface area contributed by atoms with Crippen LogP contribution in [0.25, 0.3) is 0 Å². The molecule has 2 rings (SSSR count). The molecule has 6 nitrogen and oxygen atoms in total. The molecule has 5 N–H and O–H groups in total. The van der Waals surface area contributed by atoms with E-state index in [9.17, 15) is 14.7 Å². The van der Waals surface area contributed by atoms with Crippen LogP contribution in [0.4, 0.5) is 0 Å². The number of aliphatic hydroxyl groups is 1. The summed E-state index contributed by atoms with van der Waals surface area (Å²) in [6.07, 6.45) is 4.34. The molecule has 102 valence electrons. The zero-order valence-corrected chi connectivity index (χ0v) is 10.4. The zero-order chi connectivity index (χ0) is 13.1. The summed E-state index contributed by atoms with van der Waals surface area (Å²) in [5.74, 6) is -0.372. The van der Waals surface area contributed by atoms with Crippen molar-refractivity contribution < 1.29 is 14.7 Å². The molecule has 18 heavy (non-hydrogen) atoms. The van der Waals surface area contributed by atoms with Crippen molar-refractivity contribution in [3.05, 3.63) is 0 Å². The van der Waals surface area contributed by atoms with E-state index in [2.05, 4.69) is 10.6 Å². The van der Waals surface area contributed by atoms with Gasteiger partial charge in [-0.3, -0.25) is 9.59 Å². The molecule has 0 radical (unpaired) electrons. The molecule has 0 spiro atoms. The van der Waals surface area contributed by atoms with Crippen molar-refractivity contribution in [3.63, 3.8) is 0 Å². The molecule has 0 aromatic heterocycles. The molecule has 1 aliphatic heterocycles. The average molecular weight is 255 g/mol. The Bertz CT molecular complexity index is 321. The van der Waals surface area contributed by atoms with Crippen LogP contribution in [0.2, 0.25) is 0 Å². The van der Waals surface area contributed by atoms with E-state index in [1.807, 2.05) is 0 Å². The maximum absolute atomic E-state index is 11.9. The lowest BCUT2D eigenvalue weighted by molar-refractivity contribution is -0.127. The summed E-state index contributed by atoms with van der Waals surface area (Å²) in [6.45, 7) is -0.109. The van der Waals surface area contributed by atoms with E-state index in [0.29, 0.717) is 12.0 Å². The van der Waals surface area contributed by atoms with Gasteiger partial charge in [-0.1, -0.05) is 12.8 Å². The number of nitrogens with one attached hydrogen (secondary N) is 2. The van der Waals surface area contributed by atoms with Gasteiger partial charge in [0.2, 0.25) is 11.8 Å². The molecule has 1 heterocycles. The molecular weight excluding hydrogens is 234 g/mol. The number of aliphatic hydroxyl groups excluding tert-OH is 1. The highest BCUT2D eigenvalue weighted by molar-refractivity contribution is 5.84. The Labute approximate surface area is 106 Å². The fourth-order valence-electron chi connectivity index (χ4n) is 2.94. The van der Waals surface area contributed by atoms with Crippen LogP contribution in [0, 0.1) is 5.92 Å². The summed E-state index contributed by atoms with van der Waals surface area (Å²) in [5.41, 5.74) is 4.92. The number of carbonyl (C=O) groups is 2. The first-order valence-electron chi connectivity index (χ1n) is 6.59. The number of fused-ring (bicyclic) bond motifs is 1. The molecule has 2 fully saturated rings. The molecule has 4 unspecified atom stereocenters. The lowest BCUT2D eigenvalue weighted by atomic mass is 9.85. The molecule has 2 aliphatic rings. The van der Waals surface area contributed by atoms with E-state index in [-0.39, 0.29) is 18.5 Å². The van der Waals surface area contributed by atoms with Gasteiger partial charge in [-0.05, 0) is 25.2 Å². The predicted molar refractivity (Wildman–Crippen MR) is 65.5 cm³/mol. The van der Waals surface area contributed by atoms with Crippen molar-refractivity contribution in [3.8, 4) is 0 Å². The van der Waals surface area contributed by atoms with E-state index in [1.54, 1.807) is 0 Å². The zero-order valence-electron chi connectivity index (χ0n) is 10.4. The van der Waals surface area contributed by atoms with E-state index in [4.69, 9.17) is 5.73 Å². The van der Waals surface area contributed by atoms with Crippen molar-refractivity contribution in [2.24, 2.45) is 11.7 Å². The fourth-order valence-corrected chi connectivity index (χ4v) is 2.94. The van der Waals surface area contributed by atoms with Gasteiger partial charge in [-0.25, -0.2) is 0 Å². The van der Waals surface area contributed by atoms with Crippen molar-refractivity contribution >= 4 is 11.8 Å². The van der Waals surface area contributed by atoms with Crippen molar-refractivity contribution in [2.45, 2.75) is 50.3 Å². The monoisotopic (exact) mass is 255 g/mol. The van der Waals surface area contributed by atoms with Crippen molar-refractivity contribution in [1.82, 2.24) is 10.6 Å². The molecule has 6 heteroatoms. The Balaban J connectivity index is 1.78. The summed E-state index contributed by atoms with van der Waals surface area (Å²) < 4.78 is 0. The standard InChI is InChI=1S/C12H21N3O3/c13-11(17)10(16)6-14-12(18)9-5-7-3-1-2-4-8(7)15-9/h7-10,15-16H,1-6H2,(H2,13,17)(H,14,18). The van der Waals surface area contributed by atoms with Gasteiger partial charge in [0.1, 0.15) is 6.10 Å². The second-order valence-electron chi connectivity index (χ2n) is 5.27. The summed E-state index contributed by atoms with van der Waals surface area (Å²) in [6, 6.07) is 0.258. The Morgan fingerprint density at radius 3 is 2.78 bits per heavy atom. The van der Waals surface area contributed by atoms with Crippen LogP contribution in [0.5, 0.6) is 0 Å². The second kappa shape index (κ2) is 5.67. The highest BCUT2D eigenvalue weighted by Gasteiger charge is 2.38. The molecule has 0 aromatic carbocycles. The van der Waals surface area contributed by atoms with Crippen LogP contribution in [0.1, 0.15) is 32.1 Å². The number of hydrogen-bond acceptors (Lipinski definition) is 4. The Morgan fingerprint density at radius 1 is 1.39 bits per heavy atom. The highest BCUT2D eigenvalue weighted by Crippen LogP contribution is 2.33. The predicted octanol–water partition coefficient (Wildman–Crippen LogP) is -1.13. The minimum atomic E-state index is -1.31. The number of rotatable bonds is 4. The lowest BCUT2D eigenvalue weighted by Crippen LogP contribution is -2.47. The lowest BCUT2D eigenvalue weighted by Gasteiger charge is -2.24. The SMILES string of the molecule is NC(=O)C(O)CNC(=O)C1CC2CCCCC2N1. The van der Waals surface area contributed by atoms with E-state index >= 15 is 0 Å². The molecule has 1 saturated carbocycles. The summed E-state index contributed by atoms with van der Waals surface area (Å²) in [7, 11) is 0. The Kier molecular flexibility index (Phi) is 4.19. The third-order valence-electron chi connectivity index (χ3n) is 3.98. The van der Waals surface area contributed by atoms with Gasteiger partial charge in [0.15, 0.2) is 0 Å². The minimum Gasteiger partial charge on any atom is -0.381 e. The first kappa shape index (κ1) is 13.3. The van der Waals surface area contributed by atoms with Gasteiger partial charge in [0.05, 0.1) is 12.6 Å². The average Bonchev–Trinajstić information content (AvgIpc) is 2.79. The highest BCUT2D eigenvalue weighted by atomic mass is 16.3. The first-order valence-corrected chi connectivity index (χ1v) is 6.59. The van der Waals surface area contributed by atoms with Crippen LogP contribution in [-0.4, -0.2) is 41.7 Å². The molecule has 1 saturated heterocycles. The molecule has 1 aliphatic carbocycles. The smallest absolute Gasteiger partial charge is 0.248 e. The quantitative estimate of drug-likeness (QED) is 0.510. The summed E-state index contributed by atoms with van der Waals surface area (Å²) in [5, 5.41) is 15.1. The molecule has 0 aromatic rings. The van der Waals surface area contributed by atoms with Crippen LogP contribution < -0.4 is 16.4 Å². The third kappa shape index (κ3) is 3.00. The summed E-state index contributed by atoms with van der Waals surface area (Å²) >= 11 is 0. The number of hydrogen-bond donors (Lipinski definition) is 4. The van der Waals surface area contributed by atoms with E-state index in [1.165, 1.54) is 19.3 Å². The van der Waals surface area contributed by atoms with Crippen LogP contribution in [-0.2, 0) is 9.59 Å². The van der Waals surface area contributed by atoms with Crippen LogP contribution in [0.3, 0.4) is 0 Å². The van der Waals surface area contributed by atoms with E-state index < -0.39 is 12.0 Å². The first-order chi connectivity index (χ1) is 8.58. The molecule has 2 amide bonds. The maximum Gasteiger partial charge on any atom is 0.248 e. The van der Waals surface area contributed by atoms with Crippen LogP contribution >= 0.6 is 0 Å². The molecule has 0 bridgehead atoms. The van der Waals surface area contributed by atoms with Gasteiger partial charge in [0.25, 0.3) is 0 Å². The van der Waals surface area contributed by atoms with E-state index in [0.717, 1.165) is 12.8 Å². The van der Waals surface area contributed by atoms with Crippen molar-refractivity contribution in [2.75, 3.05) is 6.54 Å². The fraction of sp³-hybridized carbons (Fsp3) is 0.833. The summed E-state index contributed by atoms with van der Waals surface area (Å²) in [4.78, 5) is 22.5. The number of carbonyl (C=O) groups excluding carboxylic acids is 2. The Hall–Kier alpha value is -1.14. The second-order valence-corrected chi connectivity index (χ2v) is 5.27. The minimum absolute atomic E-state index is 0.109. The third-order valence-corrected chi connectivity index (χ3v) is 3.98. The number of amides is 2. The molecule has 4 atom stereocenters. The number of primary amides is 1. The van der Waals surface area contributed by atoms with Gasteiger partial charge in [0, 0.05) is 6.04 Å². The largest absolute Gasteiger partial charge is 0.381 e. The van der Waals surface area contributed by atoms with Crippen molar-refractivity contribution in [1.29, 1.82) is 0 Å².